The third-order valence-electron chi connectivity index (χ3n) is 5.21. The van der Waals surface area contributed by atoms with E-state index in [1.165, 1.54) is 31.4 Å². The van der Waals surface area contributed by atoms with E-state index in [1.54, 1.807) is 12.1 Å². The number of benzene rings is 1. The molecule has 2 nitrogen and oxygen atoms in total. The van der Waals surface area contributed by atoms with Crippen molar-refractivity contribution in [3.05, 3.63) is 29.6 Å². The van der Waals surface area contributed by atoms with Crippen LogP contribution < -0.4 is 10.2 Å². The monoisotopic (exact) mass is 276 g/mol. The molecule has 3 unspecified atom stereocenters. The minimum atomic E-state index is -0.146. The second-order valence-corrected chi connectivity index (χ2v) is 6.62. The maximum Gasteiger partial charge on any atom is 0.123 e. The molecule has 0 spiro atoms. The smallest absolute Gasteiger partial charge is 0.123 e. The van der Waals surface area contributed by atoms with Gasteiger partial charge >= 0.3 is 0 Å². The van der Waals surface area contributed by atoms with Crippen molar-refractivity contribution in [3.63, 3.8) is 0 Å². The molecular weight excluding hydrogens is 251 g/mol. The van der Waals surface area contributed by atoms with Crippen LogP contribution in [0.4, 0.5) is 10.1 Å². The summed E-state index contributed by atoms with van der Waals surface area (Å²) in [4.78, 5) is 2.33. The number of fused-ring (bicyclic) bond motifs is 2. The molecule has 110 valence electrons. The van der Waals surface area contributed by atoms with Crippen molar-refractivity contribution in [2.24, 2.45) is 17.8 Å². The van der Waals surface area contributed by atoms with Crippen LogP contribution in [0.3, 0.4) is 0 Å². The van der Waals surface area contributed by atoms with Gasteiger partial charge in [0.15, 0.2) is 0 Å². The topological polar surface area (TPSA) is 15.3 Å². The Bertz CT molecular complexity index is 474. The number of anilines is 1. The predicted octanol–water partition coefficient (Wildman–Crippen LogP) is 3.42. The van der Waals surface area contributed by atoms with Gasteiger partial charge in [-0.1, -0.05) is 6.42 Å². The van der Waals surface area contributed by atoms with Gasteiger partial charge < -0.3 is 10.2 Å². The van der Waals surface area contributed by atoms with Gasteiger partial charge in [0, 0.05) is 25.8 Å². The molecule has 1 aromatic carbocycles. The highest BCUT2D eigenvalue weighted by molar-refractivity contribution is 5.53. The second-order valence-electron chi connectivity index (χ2n) is 6.62. The summed E-state index contributed by atoms with van der Waals surface area (Å²) in [7, 11) is 4.06. The van der Waals surface area contributed by atoms with E-state index in [2.05, 4.69) is 17.3 Å². The molecule has 3 atom stereocenters. The van der Waals surface area contributed by atoms with Gasteiger partial charge in [0.1, 0.15) is 5.82 Å². The summed E-state index contributed by atoms with van der Waals surface area (Å²) in [5, 5.41) is 3.13. The summed E-state index contributed by atoms with van der Waals surface area (Å²) in [5.41, 5.74) is 2.22. The van der Waals surface area contributed by atoms with E-state index in [1.807, 2.05) is 13.1 Å². The number of rotatable bonds is 5. The fourth-order valence-corrected chi connectivity index (χ4v) is 4.31. The highest BCUT2D eigenvalue weighted by atomic mass is 19.1. The highest BCUT2D eigenvalue weighted by Crippen LogP contribution is 2.48. The van der Waals surface area contributed by atoms with E-state index >= 15 is 0 Å². The van der Waals surface area contributed by atoms with Crippen molar-refractivity contribution in [3.8, 4) is 0 Å². The molecule has 20 heavy (non-hydrogen) atoms. The Balaban J connectivity index is 1.71. The van der Waals surface area contributed by atoms with Gasteiger partial charge in [0.05, 0.1) is 0 Å². The van der Waals surface area contributed by atoms with Crippen LogP contribution >= 0.6 is 0 Å². The number of halogens is 1. The summed E-state index contributed by atoms with van der Waals surface area (Å²) in [5.74, 6) is 2.62. The third kappa shape index (κ3) is 2.69. The van der Waals surface area contributed by atoms with Crippen LogP contribution in [0.5, 0.6) is 0 Å². The average molecular weight is 276 g/mol. The summed E-state index contributed by atoms with van der Waals surface area (Å²) in [6.45, 7) is 1.83. The molecule has 3 heteroatoms. The fourth-order valence-electron chi connectivity index (χ4n) is 4.31. The zero-order valence-corrected chi connectivity index (χ0v) is 12.5. The SMILES string of the molecule is CNCc1cc(F)ccc1N(C)CC1CC2CCC1C2. The first-order valence-corrected chi connectivity index (χ1v) is 7.81. The Morgan fingerprint density at radius 2 is 2.15 bits per heavy atom. The molecule has 2 fully saturated rings. The van der Waals surface area contributed by atoms with Crippen LogP contribution in [-0.2, 0) is 6.54 Å². The number of nitrogens with zero attached hydrogens (tertiary/aromatic N) is 1. The molecule has 0 amide bonds. The number of nitrogens with one attached hydrogen (secondary N) is 1. The fraction of sp³-hybridized carbons (Fsp3) is 0.647. The number of hydrogen-bond acceptors (Lipinski definition) is 2. The summed E-state index contributed by atoms with van der Waals surface area (Å²) < 4.78 is 13.4. The normalized spacial score (nSPS) is 28.1. The van der Waals surface area contributed by atoms with Crippen LogP contribution in [-0.4, -0.2) is 20.6 Å². The van der Waals surface area contributed by atoms with Crippen molar-refractivity contribution in [1.29, 1.82) is 0 Å². The molecule has 0 heterocycles. The molecule has 1 N–H and O–H groups in total. The van der Waals surface area contributed by atoms with Crippen LogP contribution in [0.2, 0.25) is 0 Å². The first-order valence-electron chi connectivity index (χ1n) is 7.81. The Morgan fingerprint density at radius 3 is 2.80 bits per heavy atom. The summed E-state index contributed by atoms with van der Waals surface area (Å²) in [6, 6.07) is 5.16. The zero-order chi connectivity index (χ0) is 14.1. The summed E-state index contributed by atoms with van der Waals surface area (Å²) in [6.07, 6.45) is 5.73. The van der Waals surface area contributed by atoms with Crippen molar-refractivity contribution >= 4 is 5.69 Å². The quantitative estimate of drug-likeness (QED) is 0.886. The lowest BCUT2D eigenvalue weighted by Gasteiger charge is -2.30. The van der Waals surface area contributed by atoms with E-state index in [0.29, 0.717) is 6.54 Å². The molecule has 0 aliphatic heterocycles. The molecule has 2 saturated carbocycles. The predicted molar refractivity (Wildman–Crippen MR) is 81.4 cm³/mol. The lowest BCUT2D eigenvalue weighted by Crippen LogP contribution is -2.29. The largest absolute Gasteiger partial charge is 0.374 e. The van der Waals surface area contributed by atoms with Gasteiger partial charge in [-0.15, -0.1) is 0 Å². The molecule has 2 aliphatic rings. The minimum Gasteiger partial charge on any atom is -0.374 e. The first kappa shape index (κ1) is 13.9. The van der Waals surface area contributed by atoms with Crippen molar-refractivity contribution < 1.29 is 4.39 Å². The van der Waals surface area contributed by atoms with E-state index in [9.17, 15) is 4.39 Å². The van der Waals surface area contributed by atoms with E-state index < -0.39 is 0 Å². The van der Waals surface area contributed by atoms with Gasteiger partial charge in [-0.05, 0) is 67.8 Å². The molecule has 3 rings (SSSR count). The van der Waals surface area contributed by atoms with Crippen LogP contribution in [0.15, 0.2) is 18.2 Å². The first-order chi connectivity index (χ1) is 9.67. The van der Waals surface area contributed by atoms with Crippen molar-refractivity contribution in [2.45, 2.75) is 32.2 Å². The van der Waals surface area contributed by atoms with E-state index in [-0.39, 0.29) is 5.82 Å². The molecule has 0 radical (unpaired) electrons. The van der Waals surface area contributed by atoms with Crippen molar-refractivity contribution in [1.82, 2.24) is 5.32 Å². The highest BCUT2D eigenvalue weighted by Gasteiger charge is 2.39. The Kier molecular flexibility index (Phi) is 3.97. The maximum atomic E-state index is 13.4. The average Bonchev–Trinajstić information content (AvgIpc) is 3.01. The van der Waals surface area contributed by atoms with Crippen molar-refractivity contribution in [2.75, 3.05) is 25.5 Å². The minimum absolute atomic E-state index is 0.146. The Labute approximate surface area is 121 Å². The second kappa shape index (κ2) is 5.72. The lowest BCUT2D eigenvalue weighted by atomic mass is 9.88. The van der Waals surface area contributed by atoms with E-state index in [4.69, 9.17) is 0 Å². The maximum absolute atomic E-state index is 13.4. The molecule has 2 bridgehead atoms. The van der Waals surface area contributed by atoms with E-state index in [0.717, 1.165) is 29.9 Å². The van der Waals surface area contributed by atoms with Gasteiger partial charge in [0.2, 0.25) is 0 Å². The Morgan fingerprint density at radius 1 is 1.30 bits per heavy atom. The van der Waals surface area contributed by atoms with Crippen LogP contribution in [0.1, 0.15) is 31.2 Å². The number of hydrogen-bond donors (Lipinski definition) is 1. The van der Waals surface area contributed by atoms with Gasteiger partial charge in [-0.3, -0.25) is 0 Å². The third-order valence-corrected chi connectivity index (χ3v) is 5.21. The molecule has 0 aromatic heterocycles. The Hall–Kier alpha value is -1.09. The zero-order valence-electron chi connectivity index (χ0n) is 12.5. The standard InChI is InChI=1S/C17H25FN2/c1-19-10-14-9-16(18)5-6-17(14)20(2)11-15-8-12-3-4-13(15)7-12/h5-6,9,12-13,15,19H,3-4,7-8,10-11H2,1-2H3. The van der Waals surface area contributed by atoms with Crippen LogP contribution in [0, 0.1) is 23.6 Å². The molecule has 1 aromatic rings. The molecule has 2 aliphatic carbocycles. The molecular formula is C17H25FN2. The summed E-state index contributed by atoms with van der Waals surface area (Å²) >= 11 is 0. The van der Waals surface area contributed by atoms with Gasteiger partial charge in [0.25, 0.3) is 0 Å². The van der Waals surface area contributed by atoms with Gasteiger partial charge in [-0.25, -0.2) is 4.39 Å². The molecule has 0 saturated heterocycles. The lowest BCUT2D eigenvalue weighted by molar-refractivity contribution is 0.337. The van der Waals surface area contributed by atoms with Gasteiger partial charge in [-0.2, -0.15) is 0 Å². The van der Waals surface area contributed by atoms with Crippen LogP contribution in [0.25, 0.3) is 0 Å².